The molecule has 2 aliphatic rings. The fraction of sp³-hybridized carbons (Fsp3) is 0.160. The monoisotopic (exact) mass is 523 g/mol. The van der Waals surface area contributed by atoms with Crippen LogP contribution < -0.4 is 14.2 Å². The molecule has 0 bridgehead atoms. The fourth-order valence-electron chi connectivity index (χ4n) is 3.92. The Morgan fingerprint density at radius 3 is 2.85 bits per heavy atom. The van der Waals surface area contributed by atoms with Gasteiger partial charge >= 0.3 is 0 Å². The molecular formula is C25H18BrNO7. The Bertz CT molecular complexity index is 1370. The molecule has 0 fully saturated rings. The molecule has 8 nitrogen and oxygen atoms in total. The standard InChI is InChI=1S/C25H18BrNO7/c1-14-21(32-12-17-10-18(26)9-16-11-31-13-33-25(16)17)6-5-20-23(28)22(34-24(14)20)8-15-3-2-4-19(7-15)27(29)30/h2-10H,11-13H2,1H3/b22-8-. The van der Waals surface area contributed by atoms with Gasteiger partial charge in [-0.3, -0.25) is 14.9 Å². The maximum Gasteiger partial charge on any atom is 0.270 e. The van der Waals surface area contributed by atoms with Crippen LogP contribution in [0.3, 0.4) is 0 Å². The average Bonchev–Trinajstić information content (AvgIpc) is 3.14. The van der Waals surface area contributed by atoms with Crippen molar-refractivity contribution in [1.29, 1.82) is 0 Å². The highest BCUT2D eigenvalue weighted by molar-refractivity contribution is 9.10. The second-order valence-electron chi connectivity index (χ2n) is 7.81. The van der Waals surface area contributed by atoms with Crippen LogP contribution in [-0.2, 0) is 18.0 Å². The zero-order chi connectivity index (χ0) is 23.8. The SMILES string of the molecule is Cc1c(OCc2cc(Br)cc3c2OCOC3)ccc2c1O/C(=C\c1cccc([N+](=O)[O-])c1)C2=O. The zero-order valence-corrected chi connectivity index (χ0v) is 19.6. The summed E-state index contributed by atoms with van der Waals surface area (Å²) in [5, 5.41) is 11.0. The fourth-order valence-corrected chi connectivity index (χ4v) is 4.48. The van der Waals surface area contributed by atoms with Crippen molar-refractivity contribution in [3.63, 3.8) is 0 Å². The lowest BCUT2D eigenvalue weighted by Gasteiger charge is -2.21. The van der Waals surface area contributed by atoms with Crippen molar-refractivity contribution in [2.75, 3.05) is 6.79 Å². The van der Waals surface area contributed by atoms with Crippen LogP contribution in [0.15, 0.2) is 58.8 Å². The number of non-ortho nitro benzene ring substituents is 1. The summed E-state index contributed by atoms with van der Waals surface area (Å²) >= 11 is 3.51. The molecule has 0 N–H and O–H groups in total. The van der Waals surface area contributed by atoms with Crippen LogP contribution in [0.25, 0.3) is 6.08 Å². The second-order valence-corrected chi connectivity index (χ2v) is 8.73. The van der Waals surface area contributed by atoms with E-state index in [1.165, 1.54) is 18.2 Å². The number of benzene rings is 3. The highest BCUT2D eigenvalue weighted by Gasteiger charge is 2.30. The number of halogens is 1. The second kappa shape index (κ2) is 8.92. The number of nitrogens with zero attached hydrogens (tertiary/aromatic N) is 1. The third-order valence-corrected chi connectivity index (χ3v) is 6.01. The Morgan fingerprint density at radius 1 is 1.18 bits per heavy atom. The summed E-state index contributed by atoms with van der Waals surface area (Å²) in [4.78, 5) is 23.4. The average molecular weight is 524 g/mol. The van der Waals surface area contributed by atoms with Gasteiger partial charge in [-0.25, -0.2) is 0 Å². The van der Waals surface area contributed by atoms with Crippen LogP contribution in [-0.4, -0.2) is 17.5 Å². The van der Waals surface area contributed by atoms with Crippen LogP contribution in [0.1, 0.15) is 32.6 Å². The van der Waals surface area contributed by atoms with Gasteiger partial charge in [0, 0.05) is 33.3 Å². The largest absolute Gasteiger partial charge is 0.488 e. The van der Waals surface area contributed by atoms with Crippen molar-refractivity contribution in [2.45, 2.75) is 20.1 Å². The molecule has 0 aromatic heterocycles. The summed E-state index contributed by atoms with van der Waals surface area (Å²) in [6.45, 7) is 2.73. The first-order chi connectivity index (χ1) is 16.4. The van der Waals surface area contributed by atoms with Gasteiger partial charge in [-0.05, 0) is 42.8 Å². The summed E-state index contributed by atoms with van der Waals surface area (Å²) in [5.74, 6) is 1.56. The summed E-state index contributed by atoms with van der Waals surface area (Å²) in [5.41, 5.74) is 3.35. The normalized spacial score (nSPS) is 15.4. The Labute approximate surface area is 203 Å². The summed E-state index contributed by atoms with van der Waals surface area (Å²) in [7, 11) is 0. The van der Waals surface area contributed by atoms with Gasteiger partial charge < -0.3 is 18.9 Å². The topological polar surface area (TPSA) is 97.1 Å². The third kappa shape index (κ3) is 4.15. The van der Waals surface area contributed by atoms with E-state index in [0.29, 0.717) is 34.8 Å². The molecule has 5 rings (SSSR count). The molecule has 0 saturated carbocycles. The van der Waals surface area contributed by atoms with Crippen LogP contribution in [0.5, 0.6) is 17.2 Å². The zero-order valence-electron chi connectivity index (χ0n) is 18.0. The summed E-state index contributed by atoms with van der Waals surface area (Å²) < 4.78 is 23.9. The van der Waals surface area contributed by atoms with Crippen LogP contribution in [0.4, 0.5) is 5.69 Å². The Kier molecular flexibility index (Phi) is 5.80. The van der Waals surface area contributed by atoms with E-state index >= 15 is 0 Å². The summed E-state index contributed by atoms with van der Waals surface area (Å²) in [6.07, 6.45) is 1.50. The van der Waals surface area contributed by atoms with Crippen molar-refractivity contribution >= 4 is 33.5 Å². The van der Waals surface area contributed by atoms with E-state index in [4.69, 9.17) is 18.9 Å². The Morgan fingerprint density at radius 2 is 2.03 bits per heavy atom. The first kappa shape index (κ1) is 22.1. The molecule has 0 radical (unpaired) electrons. The Hall–Kier alpha value is -3.69. The molecule has 3 aromatic carbocycles. The highest BCUT2D eigenvalue weighted by atomic mass is 79.9. The number of nitro benzene ring substituents is 1. The molecule has 0 aliphatic carbocycles. The maximum absolute atomic E-state index is 12.9. The van der Waals surface area contributed by atoms with E-state index in [9.17, 15) is 14.9 Å². The minimum absolute atomic E-state index is 0.0607. The van der Waals surface area contributed by atoms with Crippen molar-refractivity contribution in [1.82, 2.24) is 0 Å². The van der Waals surface area contributed by atoms with Crippen molar-refractivity contribution < 1.29 is 28.7 Å². The smallest absolute Gasteiger partial charge is 0.270 e. The van der Waals surface area contributed by atoms with Crippen molar-refractivity contribution in [3.8, 4) is 17.2 Å². The van der Waals surface area contributed by atoms with E-state index in [1.54, 1.807) is 24.3 Å². The van der Waals surface area contributed by atoms with Gasteiger partial charge in [-0.15, -0.1) is 0 Å². The lowest BCUT2D eigenvalue weighted by atomic mass is 10.1. The molecule has 2 aliphatic heterocycles. The number of allylic oxidation sites excluding steroid dienone is 1. The molecule has 0 spiro atoms. The van der Waals surface area contributed by atoms with Crippen LogP contribution in [0.2, 0.25) is 0 Å². The molecule has 172 valence electrons. The third-order valence-electron chi connectivity index (χ3n) is 5.55. The molecule has 2 heterocycles. The quantitative estimate of drug-likeness (QED) is 0.239. The number of carbonyl (C=O) groups is 1. The van der Waals surface area contributed by atoms with Gasteiger partial charge in [0.15, 0.2) is 12.6 Å². The molecule has 34 heavy (non-hydrogen) atoms. The van der Waals surface area contributed by atoms with Crippen molar-refractivity contribution in [2.24, 2.45) is 0 Å². The number of ketones is 1. The van der Waals surface area contributed by atoms with Gasteiger partial charge in [0.25, 0.3) is 5.69 Å². The van der Waals surface area contributed by atoms with E-state index < -0.39 is 4.92 Å². The van der Waals surface area contributed by atoms with E-state index in [2.05, 4.69) is 15.9 Å². The van der Waals surface area contributed by atoms with Crippen LogP contribution in [0, 0.1) is 17.0 Å². The van der Waals surface area contributed by atoms with E-state index in [1.807, 2.05) is 19.1 Å². The number of ether oxygens (including phenoxy) is 4. The molecule has 0 saturated heterocycles. The number of nitro groups is 1. The minimum Gasteiger partial charge on any atom is -0.488 e. The van der Waals surface area contributed by atoms with Gasteiger partial charge in [0.05, 0.1) is 17.1 Å². The number of rotatable bonds is 5. The van der Waals surface area contributed by atoms with Gasteiger partial charge in [-0.2, -0.15) is 0 Å². The predicted molar refractivity (Wildman–Crippen MR) is 126 cm³/mol. The number of hydrogen-bond acceptors (Lipinski definition) is 7. The summed E-state index contributed by atoms with van der Waals surface area (Å²) in [6, 6.07) is 13.3. The Balaban J connectivity index is 1.39. The number of Topliss-reactive ketones (excluding diaryl/α,β-unsaturated/α-hetero) is 1. The lowest BCUT2D eigenvalue weighted by molar-refractivity contribution is -0.384. The minimum atomic E-state index is -0.484. The first-order valence-corrected chi connectivity index (χ1v) is 11.2. The van der Waals surface area contributed by atoms with E-state index in [-0.39, 0.29) is 30.6 Å². The lowest BCUT2D eigenvalue weighted by Crippen LogP contribution is -2.14. The highest BCUT2D eigenvalue weighted by Crippen LogP contribution is 2.40. The van der Waals surface area contributed by atoms with Crippen LogP contribution >= 0.6 is 15.9 Å². The number of carbonyl (C=O) groups excluding carboxylic acids is 1. The van der Waals surface area contributed by atoms with Crippen molar-refractivity contribution in [3.05, 3.63) is 96.7 Å². The number of fused-ring (bicyclic) bond motifs is 2. The molecule has 0 amide bonds. The molecule has 0 atom stereocenters. The van der Waals surface area contributed by atoms with Gasteiger partial charge in [0.2, 0.25) is 5.78 Å². The molecule has 3 aromatic rings. The first-order valence-electron chi connectivity index (χ1n) is 10.4. The maximum atomic E-state index is 12.9. The van der Waals surface area contributed by atoms with E-state index in [0.717, 1.165) is 21.3 Å². The molecule has 9 heteroatoms. The van der Waals surface area contributed by atoms with Gasteiger partial charge in [-0.1, -0.05) is 28.1 Å². The van der Waals surface area contributed by atoms with Gasteiger partial charge in [0.1, 0.15) is 23.9 Å². The molecule has 0 unspecified atom stereocenters. The predicted octanol–water partition coefficient (Wildman–Crippen LogP) is 5.73. The number of hydrogen-bond donors (Lipinski definition) is 0. The molecular weight excluding hydrogens is 506 g/mol.